The van der Waals surface area contributed by atoms with Crippen LogP contribution in [0.4, 0.5) is 0 Å². The molecule has 1 aromatic heterocycles. The zero-order valence-corrected chi connectivity index (χ0v) is 15.3. The molecule has 0 aliphatic rings. The van der Waals surface area contributed by atoms with Crippen LogP contribution in [0.3, 0.4) is 0 Å². The highest BCUT2D eigenvalue weighted by Gasteiger charge is 2.04. The van der Waals surface area contributed by atoms with Crippen LogP contribution >= 0.6 is 24.0 Å². The molecular formula is C14H28IN5. The maximum Gasteiger partial charge on any atom is 0.190 e. The van der Waals surface area contributed by atoms with Crippen LogP contribution in [0.25, 0.3) is 0 Å². The smallest absolute Gasteiger partial charge is 0.190 e. The van der Waals surface area contributed by atoms with E-state index in [9.17, 15) is 0 Å². The normalized spacial score (nSPS) is 11.3. The van der Waals surface area contributed by atoms with Crippen LogP contribution in [0.1, 0.15) is 32.3 Å². The average molecular weight is 393 g/mol. The molecule has 1 aromatic rings. The second-order valence-corrected chi connectivity index (χ2v) is 4.83. The molecule has 0 spiro atoms. The lowest BCUT2D eigenvalue weighted by Gasteiger charge is -2.16. The topological polar surface area (TPSA) is 54.2 Å². The number of aliphatic imine (C=N–C) groups is 1. The van der Waals surface area contributed by atoms with Crippen LogP contribution in [0, 0.1) is 5.92 Å². The lowest BCUT2D eigenvalue weighted by molar-refractivity contribution is 0.481. The van der Waals surface area contributed by atoms with Crippen molar-refractivity contribution in [2.45, 2.75) is 33.1 Å². The Morgan fingerprint density at radius 1 is 1.35 bits per heavy atom. The van der Waals surface area contributed by atoms with Gasteiger partial charge < -0.3 is 10.6 Å². The van der Waals surface area contributed by atoms with E-state index in [4.69, 9.17) is 0 Å². The Morgan fingerprint density at radius 3 is 2.55 bits per heavy atom. The number of aromatic nitrogens is 2. The molecule has 0 amide bonds. The number of aryl methyl sites for hydroxylation is 1. The Morgan fingerprint density at radius 2 is 2.05 bits per heavy atom. The van der Waals surface area contributed by atoms with Gasteiger partial charge in [0.05, 0.1) is 6.20 Å². The molecule has 20 heavy (non-hydrogen) atoms. The van der Waals surface area contributed by atoms with E-state index in [-0.39, 0.29) is 24.0 Å². The van der Waals surface area contributed by atoms with Crippen LogP contribution in [-0.4, -0.2) is 35.9 Å². The first-order valence-corrected chi connectivity index (χ1v) is 7.11. The van der Waals surface area contributed by atoms with Crippen LogP contribution in [0.5, 0.6) is 0 Å². The van der Waals surface area contributed by atoms with Gasteiger partial charge in [0.25, 0.3) is 0 Å². The summed E-state index contributed by atoms with van der Waals surface area (Å²) >= 11 is 0. The monoisotopic (exact) mass is 393 g/mol. The van der Waals surface area contributed by atoms with Crippen molar-refractivity contribution in [3.8, 4) is 0 Å². The van der Waals surface area contributed by atoms with Gasteiger partial charge in [-0.15, -0.1) is 24.0 Å². The molecule has 0 aromatic carbocycles. The van der Waals surface area contributed by atoms with Gasteiger partial charge in [-0.05, 0) is 17.9 Å². The van der Waals surface area contributed by atoms with Gasteiger partial charge in [-0.1, -0.05) is 26.7 Å². The van der Waals surface area contributed by atoms with Crippen LogP contribution in [-0.2, 0) is 13.5 Å². The Labute approximate surface area is 139 Å². The molecule has 116 valence electrons. The fourth-order valence-electron chi connectivity index (χ4n) is 1.97. The summed E-state index contributed by atoms with van der Waals surface area (Å²) in [6, 6.07) is 0. The molecule has 2 N–H and O–H groups in total. The second-order valence-electron chi connectivity index (χ2n) is 4.83. The minimum atomic E-state index is 0. The molecule has 0 fully saturated rings. The van der Waals surface area contributed by atoms with E-state index < -0.39 is 0 Å². The maximum absolute atomic E-state index is 4.24. The first-order valence-electron chi connectivity index (χ1n) is 7.11. The number of nitrogens with one attached hydrogen (secondary N) is 2. The van der Waals surface area contributed by atoms with Crippen molar-refractivity contribution in [2.24, 2.45) is 18.0 Å². The minimum absolute atomic E-state index is 0. The molecule has 0 aliphatic heterocycles. The van der Waals surface area contributed by atoms with E-state index in [1.54, 1.807) is 0 Å². The first kappa shape index (κ1) is 19.2. The molecule has 0 saturated heterocycles. The van der Waals surface area contributed by atoms with Gasteiger partial charge in [0.1, 0.15) is 0 Å². The molecular weight excluding hydrogens is 365 g/mol. The highest BCUT2D eigenvalue weighted by atomic mass is 127. The average Bonchev–Trinajstić information content (AvgIpc) is 2.83. The number of hydrogen-bond donors (Lipinski definition) is 2. The van der Waals surface area contributed by atoms with Crippen LogP contribution in [0.15, 0.2) is 17.4 Å². The Balaban J connectivity index is 0.00000361. The SMILES string of the molecule is CCC(CC)CNC(=NC)NCCc1cnn(C)c1.I. The fraction of sp³-hybridized carbons (Fsp3) is 0.714. The standard InChI is InChI=1S/C14H27N5.HI/c1-5-12(6-2)9-17-14(15-3)16-8-7-13-10-18-19(4)11-13;/h10-12H,5-9H2,1-4H3,(H2,15,16,17);1H. The highest BCUT2D eigenvalue weighted by Crippen LogP contribution is 2.04. The quantitative estimate of drug-likeness (QED) is 0.424. The van der Waals surface area contributed by atoms with Gasteiger partial charge in [0, 0.05) is 33.4 Å². The fourth-order valence-corrected chi connectivity index (χ4v) is 1.97. The summed E-state index contributed by atoms with van der Waals surface area (Å²) in [5.41, 5.74) is 1.24. The third-order valence-corrected chi connectivity index (χ3v) is 3.40. The predicted octanol–water partition coefficient (Wildman–Crippen LogP) is 2.18. The number of guanidine groups is 1. The molecule has 0 unspecified atom stereocenters. The number of nitrogens with zero attached hydrogens (tertiary/aromatic N) is 3. The van der Waals surface area contributed by atoms with Crippen molar-refractivity contribution in [3.63, 3.8) is 0 Å². The third-order valence-electron chi connectivity index (χ3n) is 3.40. The van der Waals surface area contributed by atoms with E-state index >= 15 is 0 Å². The van der Waals surface area contributed by atoms with Crippen molar-refractivity contribution >= 4 is 29.9 Å². The van der Waals surface area contributed by atoms with Gasteiger partial charge in [0.2, 0.25) is 0 Å². The van der Waals surface area contributed by atoms with Crippen molar-refractivity contribution < 1.29 is 0 Å². The third kappa shape index (κ3) is 7.12. The highest BCUT2D eigenvalue weighted by molar-refractivity contribution is 14.0. The molecule has 1 heterocycles. The molecule has 6 heteroatoms. The van der Waals surface area contributed by atoms with Crippen LogP contribution < -0.4 is 10.6 Å². The summed E-state index contributed by atoms with van der Waals surface area (Å²) < 4.78 is 1.83. The largest absolute Gasteiger partial charge is 0.356 e. The van der Waals surface area contributed by atoms with E-state index in [0.717, 1.165) is 31.4 Å². The summed E-state index contributed by atoms with van der Waals surface area (Å²) in [4.78, 5) is 4.24. The summed E-state index contributed by atoms with van der Waals surface area (Å²) in [5.74, 6) is 1.60. The number of hydrogen-bond acceptors (Lipinski definition) is 2. The molecule has 0 bridgehead atoms. The Bertz CT molecular complexity index is 385. The van der Waals surface area contributed by atoms with Gasteiger partial charge >= 0.3 is 0 Å². The van der Waals surface area contributed by atoms with E-state index in [2.05, 4.69) is 34.6 Å². The molecule has 0 aliphatic carbocycles. The van der Waals surface area contributed by atoms with Crippen molar-refractivity contribution in [3.05, 3.63) is 18.0 Å². The van der Waals surface area contributed by atoms with Gasteiger partial charge in [-0.3, -0.25) is 9.67 Å². The Hall–Kier alpha value is -0.790. The summed E-state index contributed by atoms with van der Waals surface area (Å²) in [6.07, 6.45) is 7.32. The van der Waals surface area contributed by atoms with Gasteiger partial charge in [-0.2, -0.15) is 5.10 Å². The van der Waals surface area contributed by atoms with E-state index in [0.29, 0.717) is 0 Å². The summed E-state index contributed by atoms with van der Waals surface area (Å²) in [7, 11) is 3.75. The minimum Gasteiger partial charge on any atom is -0.356 e. The zero-order chi connectivity index (χ0) is 14.1. The summed E-state index contributed by atoms with van der Waals surface area (Å²) in [6.45, 7) is 6.32. The van der Waals surface area contributed by atoms with Crippen molar-refractivity contribution in [2.75, 3.05) is 20.1 Å². The molecule has 0 saturated carbocycles. The lowest BCUT2D eigenvalue weighted by Crippen LogP contribution is -2.40. The van der Waals surface area contributed by atoms with Gasteiger partial charge in [-0.25, -0.2) is 0 Å². The summed E-state index contributed by atoms with van der Waals surface area (Å²) in [5, 5.41) is 10.9. The van der Waals surface area contributed by atoms with Gasteiger partial charge in [0.15, 0.2) is 5.96 Å². The lowest BCUT2D eigenvalue weighted by atomic mass is 10.0. The molecule has 0 radical (unpaired) electrons. The van der Waals surface area contributed by atoms with Crippen molar-refractivity contribution in [1.82, 2.24) is 20.4 Å². The second kappa shape index (κ2) is 10.9. The first-order chi connectivity index (χ1) is 9.19. The van der Waals surface area contributed by atoms with Crippen molar-refractivity contribution in [1.29, 1.82) is 0 Å². The maximum atomic E-state index is 4.24. The van der Waals surface area contributed by atoms with E-state index in [1.807, 2.05) is 31.2 Å². The van der Waals surface area contributed by atoms with Crippen LogP contribution in [0.2, 0.25) is 0 Å². The number of rotatable bonds is 7. The number of halogens is 1. The molecule has 1 rings (SSSR count). The predicted molar refractivity (Wildman–Crippen MR) is 95.8 cm³/mol. The Kier molecular flexibility index (Phi) is 10.5. The molecule has 5 nitrogen and oxygen atoms in total. The molecule has 0 atom stereocenters. The zero-order valence-electron chi connectivity index (χ0n) is 13.0. The van der Waals surface area contributed by atoms with E-state index in [1.165, 1.54) is 18.4 Å².